The third-order valence-corrected chi connectivity index (χ3v) is 5.87. The Morgan fingerprint density at radius 2 is 1.95 bits per heavy atom. The topological polar surface area (TPSA) is 149 Å². The van der Waals surface area contributed by atoms with Crippen LogP contribution in [0.4, 0.5) is 5.82 Å². The van der Waals surface area contributed by atoms with Crippen LogP contribution in [-0.2, 0) is 13.5 Å². The van der Waals surface area contributed by atoms with Crippen molar-refractivity contribution in [1.29, 1.82) is 5.26 Å². The second-order valence-corrected chi connectivity index (χ2v) is 8.32. The summed E-state index contributed by atoms with van der Waals surface area (Å²) in [6, 6.07) is 15.0. The molecule has 0 bridgehead atoms. The lowest BCUT2D eigenvalue weighted by molar-refractivity contribution is 0.768. The third kappa shape index (κ3) is 4.02. The Bertz CT molecular complexity index is 1800. The minimum absolute atomic E-state index is 0.211. The van der Waals surface area contributed by atoms with Crippen LogP contribution >= 0.6 is 0 Å². The second kappa shape index (κ2) is 8.94. The molecular formula is C26H19N11. The van der Waals surface area contributed by atoms with Crippen molar-refractivity contribution in [1.82, 2.24) is 44.3 Å². The van der Waals surface area contributed by atoms with Crippen molar-refractivity contribution in [3.63, 3.8) is 0 Å². The van der Waals surface area contributed by atoms with Crippen molar-refractivity contribution in [2.75, 3.05) is 5.73 Å². The molecule has 6 rings (SSSR count). The molecule has 0 atom stereocenters. The average Bonchev–Trinajstić information content (AvgIpc) is 3.56. The number of rotatable bonds is 5. The number of nitriles is 1. The van der Waals surface area contributed by atoms with Crippen LogP contribution in [0, 0.1) is 11.3 Å². The van der Waals surface area contributed by atoms with E-state index < -0.39 is 0 Å². The van der Waals surface area contributed by atoms with Gasteiger partial charge in [0.1, 0.15) is 17.7 Å². The summed E-state index contributed by atoms with van der Waals surface area (Å²) >= 11 is 0. The number of nitrogen functional groups attached to an aromatic ring is 1. The molecule has 0 radical (unpaired) electrons. The monoisotopic (exact) mass is 485 g/mol. The molecule has 5 aromatic heterocycles. The summed E-state index contributed by atoms with van der Waals surface area (Å²) in [5.74, 6) is 0.734. The molecule has 0 aliphatic carbocycles. The van der Waals surface area contributed by atoms with Crippen LogP contribution in [0.2, 0.25) is 0 Å². The first kappa shape index (κ1) is 22.0. The van der Waals surface area contributed by atoms with Crippen molar-refractivity contribution < 1.29 is 0 Å². The van der Waals surface area contributed by atoms with E-state index in [2.05, 4.69) is 31.1 Å². The number of pyridine rings is 1. The summed E-state index contributed by atoms with van der Waals surface area (Å²) in [6.07, 6.45) is 8.95. The second-order valence-electron chi connectivity index (χ2n) is 8.32. The summed E-state index contributed by atoms with van der Waals surface area (Å²) < 4.78 is 3.40. The standard InChI is InChI=1S/C26H19N11/c1-36-14-18(13-32-36)19-6-3-8-30-21(19)11-22-33-26-25(28)34-23(17-5-2-4-16(10-17)12-27)24(37(26)35-22)20-7-9-29-15-31-20/h2-10,13-15H,11H2,1H3,(H2,28,34). The van der Waals surface area contributed by atoms with Crippen LogP contribution in [0.1, 0.15) is 17.1 Å². The number of aromatic nitrogens is 9. The molecule has 0 fully saturated rings. The fraction of sp³-hybridized carbons (Fsp3) is 0.0769. The van der Waals surface area contributed by atoms with E-state index in [0.29, 0.717) is 46.1 Å². The number of hydrogen-bond donors (Lipinski definition) is 1. The van der Waals surface area contributed by atoms with Crippen LogP contribution in [0.15, 0.2) is 73.6 Å². The Balaban J connectivity index is 1.53. The fourth-order valence-electron chi connectivity index (χ4n) is 4.22. The lowest BCUT2D eigenvalue weighted by Gasteiger charge is -2.11. The number of anilines is 1. The van der Waals surface area contributed by atoms with Gasteiger partial charge in [-0.25, -0.2) is 24.5 Å². The van der Waals surface area contributed by atoms with E-state index in [0.717, 1.165) is 16.8 Å². The fourth-order valence-corrected chi connectivity index (χ4v) is 4.22. The number of hydrogen-bond acceptors (Lipinski definition) is 9. The van der Waals surface area contributed by atoms with Crippen LogP contribution in [0.5, 0.6) is 0 Å². The van der Waals surface area contributed by atoms with Crippen molar-refractivity contribution in [3.8, 4) is 39.8 Å². The van der Waals surface area contributed by atoms with E-state index >= 15 is 0 Å². The molecule has 0 aliphatic rings. The molecule has 37 heavy (non-hydrogen) atoms. The molecule has 0 aliphatic heterocycles. The number of nitrogens with zero attached hydrogens (tertiary/aromatic N) is 10. The maximum atomic E-state index is 9.42. The van der Waals surface area contributed by atoms with Gasteiger partial charge in [-0.15, -0.1) is 0 Å². The number of aryl methyl sites for hydroxylation is 1. The first-order valence-electron chi connectivity index (χ1n) is 11.4. The molecule has 0 saturated heterocycles. The molecular weight excluding hydrogens is 466 g/mol. The lowest BCUT2D eigenvalue weighted by atomic mass is 10.0. The minimum Gasteiger partial charge on any atom is -0.381 e. The molecule has 178 valence electrons. The van der Waals surface area contributed by atoms with Crippen LogP contribution < -0.4 is 5.73 Å². The molecule has 6 aromatic rings. The first-order chi connectivity index (χ1) is 18.1. The van der Waals surface area contributed by atoms with Gasteiger partial charge in [0, 0.05) is 42.3 Å². The zero-order valence-corrected chi connectivity index (χ0v) is 19.7. The van der Waals surface area contributed by atoms with E-state index in [9.17, 15) is 5.26 Å². The van der Waals surface area contributed by atoms with E-state index in [-0.39, 0.29) is 5.82 Å². The van der Waals surface area contributed by atoms with Gasteiger partial charge < -0.3 is 5.73 Å². The minimum atomic E-state index is 0.211. The Morgan fingerprint density at radius 1 is 1.03 bits per heavy atom. The SMILES string of the molecule is Cn1cc(-c2cccnc2Cc2nc3c(N)nc(-c4cccc(C#N)c4)c(-c4ccncn4)n3n2)cn1. The van der Waals surface area contributed by atoms with E-state index in [1.165, 1.54) is 6.33 Å². The van der Waals surface area contributed by atoms with Gasteiger partial charge in [-0.1, -0.05) is 18.2 Å². The summed E-state index contributed by atoms with van der Waals surface area (Å²) in [6.45, 7) is 0. The van der Waals surface area contributed by atoms with Gasteiger partial charge in [-0.05, 0) is 24.3 Å². The summed E-state index contributed by atoms with van der Waals surface area (Å²) in [7, 11) is 1.87. The number of benzene rings is 1. The Kier molecular flexibility index (Phi) is 5.31. The highest BCUT2D eigenvalue weighted by atomic mass is 15.3. The molecule has 0 amide bonds. The van der Waals surface area contributed by atoms with Crippen LogP contribution in [-0.4, -0.2) is 44.3 Å². The van der Waals surface area contributed by atoms with Gasteiger partial charge in [-0.3, -0.25) is 9.67 Å². The smallest absolute Gasteiger partial charge is 0.198 e. The maximum absolute atomic E-state index is 9.42. The molecule has 11 heteroatoms. The highest BCUT2D eigenvalue weighted by molar-refractivity contribution is 5.81. The zero-order valence-electron chi connectivity index (χ0n) is 19.7. The highest BCUT2D eigenvalue weighted by Gasteiger charge is 2.21. The van der Waals surface area contributed by atoms with Gasteiger partial charge in [0.25, 0.3) is 0 Å². The first-order valence-corrected chi connectivity index (χ1v) is 11.4. The zero-order chi connectivity index (χ0) is 25.4. The Hall–Kier alpha value is -5.50. The normalized spacial score (nSPS) is 11.0. The molecule has 0 spiro atoms. The third-order valence-electron chi connectivity index (χ3n) is 5.87. The molecule has 0 unspecified atom stereocenters. The maximum Gasteiger partial charge on any atom is 0.198 e. The lowest BCUT2D eigenvalue weighted by Crippen LogP contribution is -2.06. The predicted octanol–water partition coefficient (Wildman–Crippen LogP) is 3.09. The molecule has 11 nitrogen and oxygen atoms in total. The van der Waals surface area contributed by atoms with Gasteiger partial charge in [0.05, 0.1) is 35.6 Å². The molecule has 2 N–H and O–H groups in total. The van der Waals surface area contributed by atoms with Gasteiger partial charge in [-0.2, -0.15) is 15.5 Å². The van der Waals surface area contributed by atoms with Crippen molar-refractivity contribution in [3.05, 3.63) is 90.7 Å². The molecule has 1 aromatic carbocycles. The van der Waals surface area contributed by atoms with Crippen molar-refractivity contribution in [2.24, 2.45) is 7.05 Å². The van der Waals surface area contributed by atoms with Crippen LogP contribution in [0.3, 0.4) is 0 Å². The van der Waals surface area contributed by atoms with Gasteiger partial charge in [0.2, 0.25) is 0 Å². The molecule has 5 heterocycles. The van der Waals surface area contributed by atoms with Crippen molar-refractivity contribution in [2.45, 2.75) is 6.42 Å². The van der Waals surface area contributed by atoms with Gasteiger partial charge in [0.15, 0.2) is 17.3 Å². The Morgan fingerprint density at radius 3 is 2.73 bits per heavy atom. The van der Waals surface area contributed by atoms with Crippen molar-refractivity contribution >= 4 is 11.5 Å². The number of nitrogens with two attached hydrogens (primary N) is 1. The number of fused-ring (bicyclic) bond motifs is 1. The predicted molar refractivity (Wildman–Crippen MR) is 136 cm³/mol. The van der Waals surface area contributed by atoms with E-state index in [1.54, 1.807) is 52.1 Å². The van der Waals surface area contributed by atoms with E-state index in [4.69, 9.17) is 15.8 Å². The summed E-state index contributed by atoms with van der Waals surface area (Å²) in [5.41, 5.74) is 12.4. The highest BCUT2D eigenvalue weighted by Crippen LogP contribution is 2.32. The average molecular weight is 486 g/mol. The summed E-state index contributed by atoms with van der Waals surface area (Å²) in [4.78, 5) is 22.5. The van der Waals surface area contributed by atoms with Crippen LogP contribution in [0.25, 0.3) is 39.4 Å². The Labute approximate surface area is 210 Å². The van der Waals surface area contributed by atoms with Gasteiger partial charge >= 0.3 is 0 Å². The quantitative estimate of drug-likeness (QED) is 0.388. The summed E-state index contributed by atoms with van der Waals surface area (Å²) in [5, 5.41) is 18.5. The van der Waals surface area contributed by atoms with E-state index in [1.807, 2.05) is 31.4 Å². The molecule has 0 saturated carbocycles. The largest absolute Gasteiger partial charge is 0.381 e.